The van der Waals surface area contributed by atoms with E-state index in [1.165, 1.54) is 16.8 Å². The Labute approximate surface area is 140 Å². The molecule has 1 aromatic rings. The minimum absolute atomic E-state index is 0.00447. The van der Waals surface area contributed by atoms with Crippen molar-refractivity contribution in [3.63, 3.8) is 0 Å². The van der Waals surface area contributed by atoms with Gasteiger partial charge in [-0.05, 0) is 27.2 Å². The Morgan fingerprint density at radius 1 is 1.29 bits per heavy atom. The van der Waals surface area contributed by atoms with Gasteiger partial charge in [0.1, 0.15) is 5.76 Å². The predicted octanol–water partition coefficient (Wildman–Crippen LogP) is 1.91. The second-order valence-electron chi connectivity index (χ2n) is 7.72. The fraction of sp³-hybridized carbons (Fsp3) is 0.647. The van der Waals surface area contributed by atoms with Crippen molar-refractivity contribution < 1.29 is 14.2 Å². The topological polar surface area (TPSA) is 82.6 Å². The van der Waals surface area contributed by atoms with E-state index in [0.29, 0.717) is 18.8 Å². The van der Waals surface area contributed by atoms with Gasteiger partial charge in [0.2, 0.25) is 5.79 Å². The normalized spacial score (nSPS) is 25.4. The third-order valence-corrected chi connectivity index (χ3v) is 4.04. The first-order chi connectivity index (χ1) is 11.1. The molecular weight excluding hydrogens is 312 g/mol. The highest BCUT2D eigenvalue weighted by Gasteiger charge is 2.47. The minimum atomic E-state index is -0.769. The summed E-state index contributed by atoms with van der Waals surface area (Å²) in [6.07, 6.45) is 2.13. The highest BCUT2D eigenvalue weighted by molar-refractivity contribution is 5.23. The Kier molecular flexibility index (Phi) is 3.86. The maximum Gasteiger partial charge on any atom is 0.328 e. The average molecular weight is 336 g/mol. The maximum atomic E-state index is 12.2. The summed E-state index contributed by atoms with van der Waals surface area (Å²) < 4.78 is 19.3. The van der Waals surface area contributed by atoms with E-state index >= 15 is 0 Å². The average Bonchev–Trinajstić information content (AvgIpc) is 2.90. The summed E-state index contributed by atoms with van der Waals surface area (Å²) in [5, 5.41) is 0. The molecule has 24 heavy (non-hydrogen) atoms. The molecule has 7 nitrogen and oxygen atoms in total. The lowest BCUT2D eigenvalue weighted by molar-refractivity contribution is -0.140. The summed E-state index contributed by atoms with van der Waals surface area (Å²) in [4.78, 5) is 25.8. The van der Waals surface area contributed by atoms with Gasteiger partial charge in [0.25, 0.3) is 5.56 Å². The highest BCUT2D eigenvalue weighted by atomic mass is 16.7. The van der Waals surface area contributed by atoms with Crippen molar-refractivity contribution in [1.82, 2.24) is 9.55 Å². The number of allylic oxidation sites excluding steroid dienone is 1. The second-order valence-corrected chi connectivity index (χ2v) is 7.72. The molecule has 0 unspecified atom stereocenters. The van der Waals surface area contributed by atoms with Crippen molar-refractivity contribution >= 4 is 0 Å². The van der Waals surface area contributed by atoms with Crippen molar-refractivity contribution in [2.45, 2.75) is 58.5 Å². The number of aromatic nitrogens is 2. The van der Waals surface area contributed by atoms with Crippen LogP contribution < -0.4 is 11.2 Å². The summed E-state index contributed by atoms with van der Waals surface area (Å²) in [5.41, 5.74) is -1.13. The van der Waals surface area contributed by atoms with Crippen LogP contribution in [0.3, 0.4) is 0 Å². The van der Waals surface area contributed by atoms with Crippen LogP contribution in [-0.2, 0) is 14.2 Å². The first-order valence-corrected chi connectivity index (χ1v) is 8.13. The van der Waals surface area contributed by atoms with E-state index in [4.69, 9.17) is 14.2 Å². The lowest BCUT2D eigenvalue weighted by atomic mass is 10.1. The largest absolute Gasteiger partial charge is 0.453 e. The van der Waals surface area contributed by atoms with Gasteiger partial charge in [-0.15, -0.1) is 0 Å². The van der Waals surface area contributed by atoms with Gasteiger partial charge < -0.3 is 14.2 Å². The van der Waals surface area contributed by atoms with Crippen LogP contribution in [-0.4, -0.2) is 27.5 Å². The molecule has 1 N–H and O–H groups in total. The summed E-state index contributed by atoms with van der Waals surface area (Å²) in [6, 6.07) is 1.03. The highest BCUT2D eigenvalue weighted by Crippen LogP contribution is 2.48. The second kappa shape index (κ2) is 5.51. The molecule has 3 rings (SSSR count). The van der Waals surface area contributed by atoms with Gasteiger partial charge in [-0.25, -0.2) is 4.79 Å². The van der Waals surface area contributed by atoms with E-state index in [0.717, 1.165) is 5.76 Å². The first-order valence-electron chi connectivity index (χ1n) is 8.13. The van der Waals surface area contributed by atoms with Crippen molar-refractivity contribution in [3.8, 4) is 0 Å². The van der Waals surface area contributed by atoms with Gasteiger partial charge in [0.05, 0.1) is 18.2 Å². The van der Waals surface area contributed by atoms with Gasteiger partial charge in [-0.3, -0.25) is 14.3 Å². The van der Waals surface area contributed by atoms with Crippen LogP contribution in [0.5, 0.6) is 0 Å². The number of ether oxygens (including phenoxy) is 3. The number of H-pyrrole nitrogens is 1. The Bertz CT molecular complexity index is 781. The van der Waals surface area contributed by atoms with Crippen LogP contribution in [0.25, 0.3) is 0 Å². The molecule has 7 heteroatoms. The number of nitrogens with zero attached hydrogens (tertiary/aromatic N) is 1. The summed E-state index contributed by atoms with van der Waals surface area (Å²) >= 11 is 0. The number of hydrogen-bond acceptors (Lipinski definition) is 5. The van der Waals surface area contributed by atoms with Gasteiger partial charge in [-0.2, -0.15) is 0 Å². The molecule has 0 bridgehead atoms. The molecule has 0 saturated carbocycles. The lowest BCUT2D eigenvalue weighted by Gasteiger charge is -2.28. The Hall–Kier alpha value is -2.02. The molecule has 0 aromatic carbocycles. The fourth-order valence-electron chi connectivity index (χ4n) is 3.06. The molecule has 1 aromatic heterocycles. The molecule has 2 heterocycles. The van der Waals surface area contributed by atoms with Crippen LogP contribution in [0.15, 0.2) is 33.4 Å². The summed E-state index contributed by atoms with van der Waals surface area (Å²) in [5.74, 6) is 0.628. The smallest absolute Gasteiger partial charge is 0.328 e. The van der Waals surface area contributed by atoms with Crippen molar-refractivity contribution in [2.24, 2.45) is 5.92 Å². The third kappa shape index (κ3) is 3.26. The number of nitrogens with one attached hydrogen (secondary N) is 1. The van der Waals surface area contributed by atoms with E-state index in [1.54, 1.807) is 0 Å². The van der Waals surface area contributed by atoms with Gasteiger partial charge in [-0.1, -0.05) is 0 Å². The van der Waals surface area contributed by atoms with E-state index < -0.39 is 17.0 Å². The van der Waals surface area contributed by atoms with Gasteiger partial charge in [0.15, 0.2) is 5.76 Å². The van der Waals surface area contributed by atoms with Crippen molar-refractivity contribution in [2.75, 3.05) is 6.61 Å². The molecule has 2 atom stereocenters. The minimum Gasteiger partial charge on any atom is -0.453 e. The van der Waals surface area contributed by atoms with Crippen LogP contribution in [0.2, 0.25) is 0 Å². The molecule has 0 fully saturated rings. The lowest BCUT2D eigenvalue weighted by Crippen LogP contribution is -2.34. The number of hydrogen-bond donors (Lipinski definition) is 1. The van der Waals surface area contributed by atoms with Crippen LogP contribution in [0.1, 0.15) is 47.1 Å². The summed E-state index contributed by atoms with van der Waals surface area (Å²) in [6.45, 7) is 10.1. The maximum absolute atomic E-state index is 12.2. The van der Waals surface area contributed by atoms with Gasteiger partial charge >= 0.3 is 5.69 Å². The molecule has 0 spiro atoms. The number of rotatable bonds is 3. The zero-order valence-electron chi connectivity index (χ0n) is 14.7. The van der Waals surface area contributed by atoms with E-state index in [2.05, 4.69) is 4.98 Å². The molecule has 0 radical (unpaired) electrons. The Morgan fingerprint density at radius 3 is 2.58 bits per heavy atom. The fourth-order valence-corrected chi connectivity index (χ4v) is 3.06. The standard InChI is InChI=1S/C17H24N2O5/c1-16(2,3)22-9-10-8-11(14-13(10)23-17(4,5)24-14)19-7-6-12(20)18-15(19)21/h6-7,10-11H,8-9H2,1-5H3,(H,18,20,21)/t10-,11-/m1/s1. The first kappa shape index (κ1) is 16.8. The van der Waals surface area contributed by atoms with E-state index in [-0.39, 0.29) is 17.6 Å². The molecular formula is C17H24N2O5. The van der Waals surface area contributed by atoms with E-state index in [1.807, 2.05) is 34.6 Å². The molecule has 1 aliphatic heterocycles. The van der Waals surface area contributed by atoms with Crippen LogP contribution >= 0.6 is 0 Å². The van der Waals surface area contributed by atoms with Gasteiger partial charge in [0, 0.05) is 32.0 Å². The molecule has 0 saturated heterocycles. The third-order valence-electron chi connectivity index (χ3n) is 4.04. The van der Waals surface area contributed by atoms with Crippen LogP contribution in [0, 0.1) is 5.92 Å². The number of aromatic amines is 1. The summed E-state index contributed by atoms with van der Waals surface area (Å²) in [7, 11) is 0. The van der Waals surface area contributed by atoms with Crippen molar-refractivity contribution in [3.05, 3.63) is 44.6 Å². The molecule has 0 amide bonds. The molecule has 1 aliphatic carbocycles. The zero-order valence-corrected chi connectivity index (χ0v) is 14.7. The SMILES string of the molecule is CC(C)(C)OC[C@H]1C[C@@H](n2ccc(=O)[nH]c2=O)C2=C1OC(C)(C)O2. The molecule has 132 valence electrons. The van der Waals surface area contributed by atoms with Crippen LogP contribution in [0.4, 0.5) is 0 Å². The van der Waals surface area contributed by atoms with E-state index in [9.17, 15) is 9.59 Å². The molecule has 2 aliphatic rings. The predicted molar refractivity (Wildman–Crippen MR) is 87.4 cm³/mol. The quantitative estimate of drug-likeness (QED) is 0.912. The Balaban J connectivity index is 1.92. The zero-order chi connectivity index (χ0) is 17.7. The monoisotopic (exact) mass is 336 g/mol. The Morgan fingerprint density at radius 2 is 1.96 bits per heavy atom. The van der Waals surface area contributed by atoms with Crippen molar-refractivity contribution in [1.29, 1.82) is 0 Å².